The van der Waals surface area contributed by atoms with E-state index in [1.807, 2.05) is 26.0 Å². The molecule has 3 heterocycles. The van der Waals surface area contributed by atoms with Crippen molar-refractivity contribution in [3.05, 3.63) is 51.9 Å². The first kappa shape index (κ1) is 22.2. The largest absolute Gasteiger partial charge is 0.476 e. The van der Waals surface area contributed by atoms with Gasteiger partial charge in [-0.25, -0.2) is 19.7 Å². The van der Waals surface area contributed by atoms with E-state index in [9.17, 15) is 20.0 Å². The number of carboxylic acid groups (broad SMARTS) is 1. The van der Waals surface area contributed by atoms with Crippen molar-refractivity contribution in [3.63, 3.8) is 0 Å². The number of halogens is 1. The third kappa shape index (κ3) is 4.49. The average molecular weight is 466 g/mol. The number of nitrogens with one attached hydrogen (secondary N) is 2. The minimum absolute atomic E-state index is 0.0803. The summed E-state index contributed by atoms with van der Waals surface area (Å²) in [7, 11) is 0. The van der Waals surface area contributed by atoms with E-state index < -0.39 is 5.97 Å². The van der Waals surface area contributed by atoms with Gasteiger partial charge in [-0.3, -0.25) is 4.79 Å². The van der Waals surface area contributed by atoms with E-state index in [0.29, 0.717) is 35.6 Å². The van der Waals surface area contributed by atoms with Gasteiger partial charge in [-0.15, -0.1) is 0 Å². The molecule has 1 aliphatic heterocycles. The van der Waals surface area contributed by atoms with Crippen molar-refractivity contribution in [3.8, 4) is 6.07 Å². The predicted molar refractivity (Wildman–Crippen MR) is 122 cm³/mol. The molecule has 1 fully saturated rings. The van der Waals surface area contributed by atoms with E-state index in [1.54, 1.807) is 11.0 Å². The number of nitriles is 1. The van der Waals surface area contributed by atoms with Crippen LogP contribution >= 0.6 is 11.6 Å². The van der Waals surface area contributed by atoms with Crippen LogP contribution in [0.3, 0.4) is 0 Å². The van der Waals surface area contributed by atoms with E-state index in [4.69, 9.17) is 16.6 Å². The number of hydrogen-bond donors (Lipinski definition) is 3. The third-order valence-corrected chi connectivity index (χ3v) is 5.48. The molecule has 0 spiro atoms. The second-order valence-corrected chi connectivity index (χ2v) is 8.09. The summed E-state index contributed by atoms with van der Waals surface area (Å²) in [6.45, 7) is 4.81. The summed E-state index contributed by atoms with van der Waals surface area (Å²) in [6, 6.07) is 8.53. The van der Waals surface area contributed by atoms with E-state index in [-0.39, 0.29) is 35.0 Å². The summed E-state index contributed by atoms with van der Waals surface area (Å²) in [5.74, 6) is -1.01. The first-order chi connectivity index (χ1) is 15.8. The molecule has 2 aromatic heterocycles. The van der Waals surface area contributed by atoms with Crippen LogP contribution in [0.4, 0.5) is 11.5 Å². The van der Waals surface area contributed by atoms with Crippen LogP contribution in [0.5, 0.6) is 0 Å². The zero-order valence-corrected chi connectivity index (χ0v) is 18.6. The molecule has 1 amide bonds. The summed E-state index contributed by atoms with van der Waals surface area (Å²) in [5.41, 5.74) is 3.02. The van der Waals surface area contributed by atoms with E-state index in [1.165, 1.54) is 6.07 Å². The van der Waals surface area contributed by atoms with Crippen LogP contribution in [0.15, 0.2) is 24.3 Å². The van der Waals surface area contributed by atoms with Crippen LogP contribution < -0.4 is 15.5 Å². The summed E-state index contributed by atoms with van der Waals surface area (Å²) in [6.07, 6.45) is 0. The lowest BCUT2D eigenvalue weighted by atomic mass is 10.0. The fraction of sp³-hybridized carbons (Fsp3) is 0.273. The van der Waals surface area contributed by atoms with Crippen LogP contribution in [-0.2, 0) is 4.79 Å². The van der Waals surface area contributed by atoms with Gasteiger partial charge >= 0.3 is 5.97 Å². The van der Waals surface area contributed by atoms with Crippen molar-refractivity contribution < 1.29 is 14.7 Å². The van der Waals surface area contributed by atoms with Crippen LogP contribution in [0, 0.1) is 18.3 Å². The Kier molecular flexibility index (Phi) is 5.98. The Morgan fingerprint density at radius 2 is 2.12 bits per heavy atom. The Balaban J connectivity index is 1.80. The monoisotopic (exact) mass is 465 g/mol. The van der Waals surface area contributed by atoms with Crippen LogP contribution in [-0.4, -0.2) is 51.6 Å². The highest BCUT2D eigenvalue weighted by molar-refractivity contribution is 6.29. The molecule has 4 rings (SSSR count). The number of hydrogen-bond acceptors (Lipinski definition) is 8. The molecule has 0 saturated carbocycles. The van der Waals surface area contributed by atoms with Crippen LogP contribution in [0.1, 0.15) is 40.3 Å². The number of amides is 1. The van der Waals surface area contributed by atoms with Gasteiger partial charge < -0.3 is 20.6 Å². The van der Waals surface area contributed by atoms with Gasteiger partial charge in [0.05, 0.1) is 29.3 Å². The number of anilines is 2. The first-order valence-corrected chi connectivity index (χ1v) is 10.5. The van der Waals surface area contributed by atoms with Gasteiger partial charge in [0.15, 0.2) is 17.2 Å². The third-order valence-electron chi connectivity index (χ3n) is 5.27. The molecule has 1 atom stereocenters. The molecular formula is C22H20ClN7O3. The normalized spacial score (nSPS) is 14.5. The number of benzene rings is 1. The molecule has 1 saturated heterocycles. The molecule has 1 aromatic carbocycles. The second-order valence-electron chi connectivity index (χ2n) is 7.70. The second kappa shape index (κ2) is 8.88. The summed E-state index contributed by atoms with van der Waals surface area (Å²) < 4.78 is 0. The molecule has 10 nitrogen and oxygen atoms in total. The Morgan fingerprint density at radius 3 is 2.82 bits per heavy atom. The van der Waals surface area contributed by atoms with Gasteiger partial charge in [-0.05, 0) is 37.6 Å². The number of carbonyl (C=O) groups is 2. The van der Waals surface area contributed by atoms with Gasteiger partial charge in [0.25, 0.3) is 0 Å². The Hall–Kier alpha value is -3.97. The SMILES string of the molecule is Cc1cc([C@@H](C)Nc2ccc(Cl)nc2C(=O)O)c2nc(N3CCNC(=O)C3)c(C#N)nc2c1. The highest BCUT2D eigenvalue weighted by Crippen LogP contribution is 2.30. The summed E-state index contributed by atoms with van der Waals surface area (Å²) >= 11 is 5.86. The molecule has 0 radical (unpaired) electrons. The maximum absolute atomic E-state index is 11.9. The number of rotatable bonds is 5. The maximum Gasteiger partial charge on any atom is 0.356 e. The predicted octanol–water partition coefficient (Wildman–Crippen LogP) is 2.67. The molecule has 3 aromatic rings. The van der Waals surface area contributed by atoms with Gasteiger partial charge in [0.2, 0.25) is 5.91 Å². The van der Waals surface area contributed by atoms with Crippen LogP contribution in [0.25, 0.3) is 11.0 Å². The number of aryl methyl sites for hydroxylation is 1. The number of fused-ring (bicyclic) bond motifs is 1. The molecule has 0 bridgehead atoms. The lowest BCUT2D eigenvalue weighted by Crippen LogP contribution is -2.48. The number of carbonyl (C=O) groups excluding carboxylic acids is 1. The molecule has 0 unspecified atom stereocenters. The number of aromatic nitrogens is 3. The molecule has 3 N–H and O–H groups in total. The quantitative estimate of drug-likeness (QED) is 0.484. The van der Waals surface area contributed by atoms with Crippen molar-refractivity contribution in [1.29, 1.82) is 5.26 Å². The van der Waals surface area contributed by atoms with Gasteiger partial charge in [0.1, 0.15) is 11.2 Å². The summed E-state index contributed by atoms with van der Waals surface area (Å²) in [4.78, 5) is 38.4. The van der Waals surface area contributed by atoms with Crippen molar-refractivity contribution >= 4 is 46.0 Å². The molecule has 33 heavy (non-hydrogen) atoms. The summed E-state index contributed by atoms with van der Waals surface area (Å²) in [5, 5.41) is 25.2. The van der Waals surface area contributed by atoms with Crippen LogP contribution in [0.2, 0.25) is 5.15 Å². The van der Waals surface area contributed by atoms with Crippen molar-refractivity contribution in [2.45, 2.75) is 19.9 Å². The molecule has 1 aliphatic rings. The smallest absolute Gasteiger partial charge is 0.356 e. The lowest BCUT2D eigenvalue weighted by molar-refractivity contribution is -0.120. The topological polar surface area (TPSA) is 144 Å². The molecule has 168 valence electrons. The fourth-order valence-corrected chi connectivity index (χ4v) is 3.94. The minimum Gasteiger partial charge on any atom is -0.476 e. The number of aromatic carboxylic acids is 1. The Morgan fingerprint density at radius 1 is 1.33 bits per heavy atom. The lowest BCUT2D eigenvalue weighted by Gasteiger charge is -2.28. The molecule has 0 aliphatic carbocycles. The number of nitrogens with zero attached hydrogens (tertiary/aromatic N) is 5. The Labute approximate surface area is 194 Å². The molecule has 11 heteroatoms. The van der Waals surface area contributed by atoms with E-state index >= 15 is 0 Å². The minimum atomic E-state index is -1.20. The highest BCUT2D eigenvalue weighted by Gasteiger charge is 2.24. The highest BCUT2D eigenvalue weighted by atomic mass is 35.5. The number of piperazine rings is 1. The van der Waals surface area contributed by atoms with E-state index in [2.05, 4.69) is 26.7 Å². The average Bonchev–Trinajstić information content (AvgIpc) is 2.78. The zero-order chi connectivity index (χ0) is 23.7. The maximum atomic E-state index is 11.9. The van der Waals surface area contributed by atoms with Crippen molar-refractivity contribution in [2.24, 2.45) is 0 Å². The van der Waals surface area contributed by atoms with Gasteiger partial charge in [0, 0.05) is 18.7 Å². The van der Waals surface area contributed by atoms with Crippen molar-refractivity contribution in [1.82, 2.24) is 20.3 Å². The number of carboxylic acids is 1. The van der Waals surface area contributed by atoms with Crippen molar-refractivity contribution in [2.75, 3.05) is 29.9 Å². The fourth-order valence-electron chi connectivity index (χ4n) is 3.79. The zero-order valence-electron chi connectivity index (χ0n) is 17.9. The molecular weight excluding hydrogens is 446 g/mol. The number of pyridine rings is 1. The Bertz CT molecular complexity index is 1320. The van der Waals surface area contributed by atoms with Gasteiger partial charge in [-0.1, -0.05) is 17.7 Å². The standard InChI is InChI=1S/C22H20ClN7O3/c1-11-7-13(12(2)26-14-3-4-17(23)28-20(14)22(32)33)19-15(8-11)27-16(9-24)21(29-19)30-6-5-25-18(31)10-30/h3-4,7-8,12,26H,5-6,10H2,1-2H3,(H,25,31)(H,32,33)/t12-/m1/s1. The van der Waals surface area contributed by atoms with E-state index in [0.717, 1.165) is 11.1 Å². The first-order valence-electron chi connectivity index (χ1n) is 10.2. The van der Waals surface area contributed by atoms with Gasteiger partial charge in [-0.2, -0.15) is 5.26 Å².